The molecule has 19 nitrogen and oxygen atoms in total. The van der Waals surface area contributed by atoms with Gasteiger partial charge in [-0.3, -0.25) is 4.98 Å². The van der Waals surface area contributed by atoms with Gasteiger partial charge < -0.3 is 31.1 Å². The lowest BCUT2D eigenvalue weighted by atomic mass is 9.86. The van der Waals surface area contributed by atoms with E-state index in [0.717, 1.165) is 17.5 Å². The monoisotopic (exact) mass is 945 g/mol. The van der Waals surface area contributed by atoms with Crippen molar-refractivity contribution in [3.8, 4) is 0 Å². The number of aliphatic hydroxyl groups excluding tert-OH is 2. The number of urea groups is 2. The molecule has 5 unspecified atom stereocenters. The fraction of sp³-hybridized carbons (Fsp3) is 0.528. The Balaban J connectivity index is 1.38. The van der Waals surface area contributed by atoms with Crippen molar-refractivity contribution in [2.75, 3.05) is 10.6 Å². The van der Waals surface area contributed by atoms with Crippen molar-refractivity contribution in [3.63, 3.8) is 0 Å². The summed E-state index contributed by atoms with van der Waals surface area (Å²) in [5.74, 6) is -3.72. The van der Waals surface area contributed by atoms with E-state index >= 15 is 0 Å². The van der Waals surface area contributed by atoms with Crippen molar-refractivity contribution in [2.24, 2.45) is 24.9 Å². The molecule has 4 aromatic heterocycles. The van der Waals surface area contributed by atoms with Crippen molar-refractivity contribution in [1.82, 2.24) is 24.9 Å². The van der Waals surface area contributed by atoms with Gasteiger partial charge in [0.2, 0.25) is 5.82 Å². The normalized spacial score (nSPS) is 19.0. The zero-order valence-electron chi connectivity index (χ0n) is 34.4. The van der Waals surface area contributed by atoms with Crippen LogP contribution in [0.1, 0.15) is 128 Å². The van der Waals surface area contributed by atoms with Gasteiger partial charge >= 0.3 is 18.2 Å². The third-order valence-electron chi connectivity index (χ3n) is 10.1. The molecular weight excluding hydrogens is 900 g/mol. The highest BCUT2D eigenvalue weighted by Crippen LogP contribution is 2.46. The van der Waals surface area contributed by atoms with E-state index < -0.39 is 85.6 Å². The number of carbonyl (C=O) groups is 2. The summed E-state index contributed by atoms with van der Waals surface area (Å²) < 4.78 is 77.4. The maximum absolute atomic E-state index is 14.4. The first-order valence-electron chi connectivity index (χ1n) is 19.0. The van der Waals surface area contributed by atoms with E-state index in [0.29, 0.717) is 28.2 Å². The number of aliphatic hydroxyl groups is 4. The molecule has 62 heavy (non-hydrogen) atoms. The number of alkyl halides is 3. The van der Waals surface area contributed by atoms with E-state index in [1.165, 1.54) is 27.7 Å². The van der Waals surface area contributed by atoms with Crippen LogP contribution in [0.15, 0.2) is 23.3 Å². The number of fused-ring (bicyclic) bond motifs is 2. The lowest BCUT2D eigenvalue weighted by Gasteiger charge is -2.25. The van der Waals surface area contributed by atoms with Crippen LogP contribution in [0.25, 0.3) is 0 Å². The van der Waals surface area contributed by atoms with Crippen molar-refractivity contribution in [3.05, 3.63) is 61.6 Å². The maximum Gasteiger partial charge on any atom is 0.451 e. The summed E-state index contributed by atoms with van der Waals surface area (Å²) in [6.07, 6.45) is -4.07. The first-order chi connectivity index (χ1) is 28.5. The molecule has 4 amide bonds. The zero-order valence-corrected chi connectivity index (χ0v) is 37.7. The Morgan fingerprint density at radius 1 is 0.887 bits per heavy atom. The molecule has 4 aromatic rings. The average Bonchev–Trinajstić information content (AvgIpc) is 3.96. The minimum Gasteiger partial charge on any atom is -0.390 e. The van der Waals surface area contributed by atoms with Crippen LogP contribution in [0, 0.1) is 5.92 Å². The predicted molar refractivity (Wildman–Crippen MR) is 223 cm³/mol. The minimum atomic E-state index is -5.02. The van der Waals surface area contributed by atoms with E-state index in [-0.39, 0.29) is 78.3 Å². The molecule has 0 saturated heterocycles. The first kappa shape index (κ1) is 47.4. The second-order valence-corrected chi connectivity index (χ2v) is 22.4. The number of pyridine rings is 1. The number of carbonyl (C=O) groups excluding carboxylic acids is 2. The number of nitrogens with two attached hydrogens (primary N) is 2. The van der Waals surface area contributed by atoms with Crippen LogP contribution in [0.5, 0.6) is 0 Å². The van der Waals surface area contributed by atoms with E-state index in [2.05, 4.69) is 39.3 Å². The van der Waals surface area contributed by atoms with Crippen molar-refractivity contribution in [2.45, 2.75) is 124 Å². The van der Waals surface area contributed by atoms with Crippen LogP contribution in [0.3, 0.4) is 0 Å². The standard InChI is InChI=1S/C36H46F3N11O8S4/c1-14(2)23-27(48-33(54)50-62(41,58)28-20(13-51)44-31(60-28)35(6,7)56)24(46-29(45-23)36(37,38)39)15(3)16-10-18-19(11-16)43-26-17(8-9-21(26)52)25(18)47-32(53)49-61(40,57)22-12-42-30(59-22)34(4,5)55/h12,14-16,21,51-52,55-56H,8-11,13H2,1-7H3,(H3,41,48,50,54,58)(H3,40,43,47,49,53,57). The van der Waals surface area contributed by atoms with Crippen LogP contribution in [0.4, 0.5) is 34.1 Å². The number of nitrogens with one attached hydrogen (secondary N) is 2. The zero-order chi connectivity index (χ0) is 46.1. The molecule has 6 rings (SSSR count). The van der Waals surface area contributed by atoms with E-state index in [1.807, 2.05) is 0 Å². The lowest BCUT2D eigenvalue weighted by Crippen LogP contribution is -2.24. The van der Waals surface area contributed by atoms with Gasteiger partial charge in [0.1, 0.15) is 29.6 Å². The van der Waals surface area contributed by atoms with E-state index in [9.17, 15) is 51.6 Å². The van der Waals surface area contributed by atoms with Crippen LogP contribution in [-0.4, -0.2) is 65.8 Å². The van der Waals surface area contributed by atoms with Crippen molar-refractivity contribution < 1.29 is 51.6 Å². The van der Waals surface area contributed by atoms with Gasteiger partial charge in [-0.15, -0.1) is 31.4 Å². The van der Waals surface area contributed by atoms with Gasteiger partial charge in [-0.05, 0) is 70.8 Å². The molecule has 0 spiro atoms. The Morgan fingerprint density at radius 3 is 2.05 bits per heavy atom. The fourth-order valence-corrected chi connectivity index (χ4v) is 11.6. The smallest absolute Gasteiger partial charge is 0.390 e. The molecule has 10 N–H and O–H groups in total. The van der Waals surface area contributed by atoms with Crippen LogP contribution in [-0.2, 0) is 63.1 Å². The van der Waals surface area contributed by atoms with Crippen molar-refractivity contribution >= 4 is 65.9 Å². The summed E-state index contributed by atoms with van der Waals surface area (Å²) in [6, 6.07) is -2.43. The second kappa shape index (κ2) is 16.8. The molecular formula is C36H46F3N11O8S4. The highest BCUT2D eigenvalue weighted by atomic mass is 32.2. The number of anilines is 2. The van der Waals surface area contributed by atoms with Crippen LogP contribution < -0.4 is 20.9 Å². The number of amides is 4. The molecule has 0 bridgehead atoms. The third-order valence-corrected chi connectivity index (χ3v) is 16.7. The lowest BCUT2D eigenvalue weighted by molar-refractivity contribution is -0.145. The molecule has 5 atom stereocenters. The van der Waals surface area contributed by atoms with Crippen molar-refractivity contribution in [1.29, 1.82) is 0 Å². The van der Waals surface area contributed by atoms with Crippen LogP contribution in [0.2, 0.25) is 0 Å². The minimum absolute atomic E-state index is 0.0278. The number of rotatable bonds is 10. The number of nitrogens with zero attached hydrogens (tertiary/aromatic N) is 7. The van der Waals surface area contributed by atoms with Gasteiger partial charge in [0.05, 0.1) is 53.1 Å². The van der Waals surface area contributed by atoms with Gasteiger partial charge in [-0.25, -0.2) is 48.2 Å². The highest BCUT2D eigenvalue weighted by Gasteiger charge is 2.41. The topological polar surface area (TPSA) is 314 Å². The molecule has 0 fully saturated rings. The molecule has 4 heterocycles. The van der Waals surface area contributed by atoms with Gasteiger partial charge in [0.25, 0.3) is 0 Å². The fourth-order valence-electron chi connectivity index (χ4n) is 7.08. The van der Waals surface area contributed by atoms with Gasteiger partial charge in [0, 0.05) is 17.2 Å². The summed E-state index contributed by atoms with van der Waals surface area (Å²) in [7, 11) is -8.00. The largest absolute Gasteiger partial charge is 0.451 e. The van der Waals surface area contributed by atoms with Gasteiger partial charge in [-0.2, -0.15) is 13.2 Å². The molecule has 26 heteroatoms. The summed E-state index contributed by atoms with van der Waals surface area (Å²) >= 11 is 1.48. The molecule has 2 aliphatic rings. The number of aromatic nitrogens is 5. The molecule has 2 aliphatic carbocycles. The van der Waals surface area contributed by atoms with Gasteiger partial charge in [0.15, 0.2) is 19.8 Å². The first-order valence-corrected chi connectivity index (χ1v) is 23.8. The molecule has 0 aromatic carbocycles. The Kier molecular flexibility index (Phi) is 12.8. The number of halogens is 3. The molecule has 338 valence electrons. The third kappa shape index (κ3) is 9.68. The maximum atomic E-state index is 14.4. The number of hydrogen-bond donors (Lipinski definition) is 8. The molecule has 0 saturated carbocycles. The van der Waals surface area contributed by atoms with Gasteiger partial charge in [-0.1, -0.05) is 20.8 Å². The summed E-state index contributed by atoms with van der Waals surface area (Å²) in [6.45, 7) is 9.63. The Hall–Kier alpha value is -4.12. The predicted octanol–water partition coefficient (Wildman–Crippen LogP) is 5.24. The Morgan fingerprint density at radius 2 is 1.48 bits per heavy atom. The van der Waals surface area contributed by atoms with E-state index in [1.54, 1.807) is 20.8 Å². The number of thiazole rings is 2. The summed E-state index contributed by atoms with van der Waals surface area (Å²) in [5.41, 5.74) is -1.92. The Labute approximate surface area is 362 Å². The number of hydrogen-bond acceptors (Lipinski definition) is 15. The summed E-state index contributed by atoms with van der Waals surface area (Å²) in [5, 5.41) is 58.8. The Bertz CT molecular complexity index is 2710. The molecule has 0 radical (unpaired) electrons. The second-order valence-electron chi connectivity index (χ2n) is 16.3. The average molecular weight is 946 g/mol. The summed E-state index contributed by atoms with van der Waals surface area (Å²) in [4.78, 5) is 47.6. The molecule has 0 aliphatic heterocycles. The van der Waals surface area contributed by atoms with Crippen LogP contribution >= 0.6 is 22.7 Å². The quantitative estimate of drug-likeness (QED) is 0.101. The van der Waals surface area contributed by atoms with E-state index in [4.69, 9.17) is 15.3 Å². The SMILES string of the molecule is CC(C)c1nc(C(F)(F)F)nc(C(C)C2Cc3nc4c(c(NC(=O)N=S(N)(=O)c5cnc(C(C)(C)O)s5)c3C2)CCC4O)c1NC(=O)N=S(N)(=O)c1sc(C(C)(C)O)nc1CO. The highest BCUT2D eigenvalue weighted by molar-refractivity contribution is 7.94.